The van der Waals surface area contributed by atoms with E-state index in [-0.39, 0.29) is 0 Å². The number of carboxylic acids is 1. The molecule has 3 nitrogen and oxygen atoms in total. The van der Waals surface area contributed by atoms with E-state index in [1.165, 1.54) is 0 Å². The Morgan fingerprint density at radius 3 is 2.42 bits per heavy atom. The van der Waals surface area contributed by atoms with Crippen LogP contribution in [-0.2, 0) is 4.79 Å². The molecule has 0 aliphatic carbocycles. The normalized spacial score (nSPS) is 11.6. The van der Waals surface area contributed by atoms with Crippen LogP contribution in [0.4, 0.5) is 0 Å². The minimum absolute atomic E-state index is 0.458. The van der Waals surface area contributed by atoms with Crippen molar-refractivity contribution in [1.29, 1.82) is 5.26 Å². The summed E-state index contributed by atoms with van der Waals surface area (Å²) in [5.74, 6) is -2.52. The fourth-order valence-electron chi connectivity index (χ4n) is 0.909. The molecular formula is C9H6NO2-. The molecule has 1 atom stereocenters. The number of carbonyl (C=O) groups excluding carboxylic acids is 1. The van der Waals surface area contributed by atoms with E-state index in [4.69, 9.17) is 5.26 Å². The molecule has 0 N–H and O–H groups in total. The van der Waals surface area contributed by atoms with Gasteiger partial charge in [0.15, 0.2) is 0 Å². The first-order chi connectivity index (χ1) is 5.75. The lowest BCUT2D eigenvalue weighted by Gasteiger charge is -2.08. The first-order valence-corrected chi connectivity index (χ1v) is 3.41. The Bertz CT molecular complexity index is 313. The van der Waals surface area contributed by atoms with Crippen molar-refractivity contribution in [2.75, 3.05) is 0 Å². The van der Waals surface area contributed by atoms with Crippen LogP contribution in [0.3, 0.4) is 0 Å². The summed E-state index contributed by atoms with van der Waals surface area (Å²) < 4.78 is 0. The third kappa shape index (κ3) is 1.61. The van der Waals surface area contributed by atoms with E-state index < -0.39 is 11.9 Å². The number of hydrogen-bond donors (Lipinski definition) is 0. The molecule has 0 saturated heterocycles. The molecule has 3 heteroatoms. The van der Waals surface area contributed by atoms with Crippen molar-refractivity contribution in [2.24, 2.45) is 0 Å². The number of nitrogens with zero attached hydrogens (tertiary/aromatic N) is 1. The van der Waals surface area contributed by atoms with Crippen LogP contribution in [0.2, 0.25) is 0 Å². The van der Waals surface area contributed by atoms with Crippen molar-refractivity contribution in [1.82, 2.24) is 0 Å². The van der Waals surface area contributed by atoms with Gasteiger partial charge in [0.05, 0.1) is 12.0 Å². The van der Waals surface area contributed by atoms with Crippen LogP contribution < -0.4 is 5.11 Å². The minimum Gasteiger partial charge on any atom is -0.548 e. The second-order valence-electron chi connectivity index (χ2n) is 2.29. The largest absolute Gasteiger partial charge is 0.548 e. The average molecular weight is 160 g/mol. The smallest absolute Gasteiger partial charge is 0.111 e. The van der Waals surface area contributed by atoms with Gasteiger partial charge in [-0.15, -0.1) is 0 Å². The summed E-state index contributed by atoms with van der Waals surface area (Å²) in [5.41, 5.74) is 0.458. The van der Waals surface area contributed by atoms with Gasteiger partial charge in [-0.05, 0) is 5.56 Å². The fourth-order valence-corrected chi connectivity index (χ4v) is 0.909. The van der Waals surface area contributed by atoms with Crippen LogP contribution in [0.15, 0.2) is 30.3 Å². The Balaban J connectivity index is 2.98. The van der Waals surface area contributed by atoms with Crippen molar-refractivity contribution in [3.63, 3.8) is 0 Å². The summed E-state index contributed by atoms with van der Waals surface area (Å²) in [6.07, 6.45) is 0. The molecule has 1 unspecified atom stereocenters. The van der Waals surface area contributed by atoms with Crippen molar-refractivity contribution in [2.45, 2.75) is 5.92 Å². The number of carbonyl (C=O) groups is 1. The lowest BCUT2D eigenvalue weighted by Crippen LogP contribution is -2.28. The second-order valence-corrected chi connectivity index (χ2v) is 2.29. The van der Waals surface area contributed by atoms with Crippen LogP contribution in [0.1, 0.15) is 11.5 Å². The van der Waals surface area contributed by atoms with Crippen molar-refractivity contribution in [3.8, 4) is 6.07 Å². The van der Waals surface area contributed by atoms with Gasteiger partial charge in [0, 0.05) is 0 Å². The van der Waals surface area contributed by atoms with Crippen molar-refractivity contribution >= 4 is 5.97 Å². The van der Waals surface area contributed by atoms with Gasteiger partial charge in [-0.25, -0.2) is 0 Å². The highest BCUT2D eigenvalue weighted by atomic mass is 16.4. The van der Waals surface area contributed by atoms with Crippen LogP contribution >= 0.6 is 0 Å². The number of rotatable bonds is 2. The Morgan fingerprint density at radius 1 is 1.42 bits per heavy atom. The Labute approximate surface area is 69.9 Å². The third-order valence-electron chi connectivity index (χ3n) is 1.50. The highest BCUT2D eigenvalue weighted by Gasteiger charge is 2.09. The van der Waals surface area contributed by atoms with Gasteiger partial charge in [-0.3, -0.25) is 0 Å². The highest BCUT2D eigenvalue weighted by molar-refractivity contribution is 5.77. The predicted octanol–water partition coefficient (Wildman–Crippen LogP) is 0.0437. The molecule has 0 heterocycles. The molecule has 0 aliphatic rings. The van der Waals surface area contributed by atoms with E-state index in [2.05, 4.69) is 0 Å². The van der Waals surface area contributed by atoms with Gasteiger partial charge in [-0.2, -0.15) is 5.26 Å². The molecule has 0 aliphatic heterocycles. The molecule has 0 amide bonds. The zero-order valence-electron chi connectivity index (χ0n) is 6.23. The summed E-state index contributed by atoms with van der Waals surface area (Å²) in [5, 5.41) is 18.9. The van der Waals surface area contributed by atoms with E-state index in [0.29, 0.717) is 5.56 Å². The molecule has 0 saturated carbocycles. The van der Waals surface area contributed by atoms with Crippen molar-refractivity contribution in [3.05, 3.63) is 35.9 Å². The maximum Gasteiger partial charge on any atom is 0.111 e. The molecular weight excluding hydrogens is 154 g/mol. The number of benzene rings is 1. The SMILES string of the molecule is N#CC(C(=O)[O-])c1ccccc1. The fraction of sp³-hybridized carbons (Fsp3) is 0.111. The minimum atomic E-state index is -1.36. The van der Waals surface area contributed by atoms with E-state index >= 15 is 0 Å². The van der Waals surface area contributed by atoms with Gasteiger partial charge in [-0.1, -0.05) is 30.3 Å². The topological polar surface area (TPSA) is 63.9 Å². The van der Waals surface area contributed by atoms with E-state index in [0.717, 1.165) is 0 Å². The molecule has 0 aromatic heterocycles. The van der Waals surface area contributed by atoms with Gasteiger partial charge >= 0.3 is 0 Å². The summed E-state index contributed by atoms with van der Waals surface area (Å²) in [4.78, 5) is 10.4. The first-order valence-electron chi connectivity index (χ1n) is 3.41. The van der Waals surface area contributed by atoms with Crippen molar-refractivity contribution < 1.29 is 9.90 Å². The van der Waals surface area contributed by atoms with E-state index in [1.807, 2.05) is 0 Å². The van der Waals surface area contributed by atoms with Crippen LogP contribution in [-0.4, -0.2) is 5.97 Å². The zero-order valence-corrected chi connectivity index (χ0v) is 6.23. The summed E-state index contributed by atoms with van der Waals surface area (Å²) >= 11 is 0. The van der Waals surface area contributed by atoms with Gasteiger partial charge in [0.1, 0.15) is 5.92 Å². The molecule has 0 fully saturated rings. The van der Waals surface area contributed by atoms with E-state index in [1.54, 1.807) is 36.4 Å². The molecule has 0 spiro atoms. The number of hydrogen-bond acceptors (Lipinski definition) is 3. The van der Waals surface area contributed by atoms with Crippen LogP contribution in [0, 0.1) is 11.3 Å². The lowest BCUT2D eigenvalue weighted by molar-refractivity contribution is -0.306. The van der Waals surface area contributed by atoms with Crippen LogP contribution in [0.25, 0.3) is 0 Å². The number of aliphatic carboxylic acids is 1. The molecule has 0 radical (unpaired) electrons. The summed E-state index contributed by atoms with van der Waals surface area (Å²) in [6, 6.07) is 9.95. The first kappa shape index (κ1) is 8.28. The van der Waals surface area contributed by atoms with Gasteiger partial charge in [0.25, 0.3) is 0 Å². The maximum atomic E-state index is 10.4. The Morgan fingerprint density at radius 2 is 2.00 bits per heavy atom. The average Bonchev–Trinajstić information content (AvgIpc) is 2.07. The predicted molar refractivity (Wildman–Crippen MR) is 39.8 cm³/mol. The van der Waals surface area contributed by atoms with Gasteiger partial charge in [0.2, 0.25) is 0 Å². The molecule has 1 aromatic carbocycles. The van der Waals surface area contributed by atoms with E-state index in [9.17, 15) is 9.90 Å². The number of carboxylic acid groups (broad SMARTS) is 1. The Hall–Kier alpha value is -1.82. The molecule has 60 valence electrons. The molecule has 0 bridgehead atoms. The lowest BCUT2D eigenvalue weighted by atomic mass is 10.0. The maximum absolute atomic E-state index is 10.4. The standard InChI is InChI=1S/C9H7NO2/c10-6-8(9(11)12)7-4-2-1-3-5-7/h1-5,8H,(H,11,12)/p-1. The molecule has 1 aromatic rings. The zero-order chi connectivity index (χ0) is 8.97. The summed E-state index contributed by atoms with van der Waals surface area (Å²) in [6.45, 7) is 0. The molecule has 12 heavy (non-hydrogen) atoms. The summed E-state index contributed by atoms with van der Waals surface area (Å²) in [7, 11) is 0. The highest BCUT2D eigenvalue weighted by Crippen LogP contribution is 2.12. The second kappa shape index (κ2) is 3.54. The molecule has 1 rings (SSSR count). The Kier molecular flexibility index (Phi) is 2.44. The quantitative estimate of drug-likeness (QED) is 0.613. The van der Waals surface area contributed by atoms with Crippen LogP contribution in [0.5, 0.6) is 0 Å². The number of nitriles is 1. The van der Waals surface area contributed by atoms with Gasteiger partial charge < -0.3 is 9.90 Å². The monoisotopic (exact) mass is 160 g/mol. The third-order valence-corrected chi connectivity index (χ3v) is 1.50.